The second kappa shape index (κ2) is 4.52. The molecule has 3 N–H and O–H groups in total. The maximum Gasteiger partial charge on any atom is 0.289 e. The van der Waals surface area contributed by atoms with Crippen LogP contribution >= 0.6 is 0 Å². The minimum absolute atomic E-state index is 0.115. The number of amides is 1. The first-order valence-electron chi connectivity index (χ1n) is 4.62. The van der Waals surface area contributed by atoms with E-state index in [9.17, 15) is 13.6 Å². The number of carbonyl (C=O) groups excluding carboxylic acids is 1. The van der Waals surface area contributed by atoms with Crippen LogP contribution in [0.5, 0.6) is 0 Å². The molecule has 8 heteroatoms. The van der Waals surface area contributed by atoms with Gasteiger partial charge in [-0.1, -0.05) is 12.1 Å². The van der Waals surface area contributed by atoms with Gasteiger partial charge in [0.1, 0.15) is 13.2 Å². The summed E-state index contributed by atoms with van der Waals surface area (Å²) >= 11 is 0. The van der Waals surface area contributed by atoms with Crippen LogP contribution in [0.15, 0.2) is 0 Å². The van der Waals surface area contributed by atoms with Crippen molar-refractivity contribution in [3.8, 4) is 0 Å². The van der Waals surface area contributed by atoms with Crippen molar-refractivity contribution in [2.75, 3.05) is 6.61 Å². The van der Waals surface area contributed by atoms with Crippen LogP contribution in [0.1, 0.15) is 23.1 Å². The Hall–Kier alpha value is -1.57. The third-order valence-electron chi connectivity index (χ3n) is 2.02. The molecule has 0 aliphatic carbocycles. The number of nitrogens with zero attached hydrogens (tertiary/aromatic N) is 3. The lowest BCUT2D eigenvalue weighted by Crippen LogP contribution is -2.29. The van der Waals surface area contributed by atoms with Gasteiger partial charge in [0, 0.05) is 0 Å². The largest absolute Gasteiger partial charge is 0.390 e. The zero-order valence-electron chi connectivity index (χ0n) is 8.65. The van der Waals surface area contributed by atoms with Gasteiger partial charge >= 0.3 is 0 Å². The molecule has 1 amide bonds. The summed E-state index contributed by atoms with van der Waals surface area (Å²) in [4.78, 5) is 10.9. The van der Waals surface area contributed by atoms with E-state index in [-0.39, 0.29) is 11.4 Å². The Morgan fingerprint density at radius 3 is 2.69 bits per heavy atom. The van der Waals surface area contributed by atoms with E-state index in [1.54, 1.807) is 6.92 Å². The summed E-state index contributed by atoms with van der Waals surface area (Å²) in [6, 6.07) is 0. The van der Waals surface area contributed by atoms with Gasteiger partial charge in [-0.05, 0) is 6.42 Å². The number of aliphatic hydroxyl groups is 1. The van der Waals surface area contributed by atoms with Gasteiger partial charge in [-0.25, -0.2) is 13.5 Å². The number of hydrogen-bond acceptors (Lipinski definition) is 4. The predicted molar refractivity (Wildman–Crippen MR) is 50.0 cm³/mol. The Bertz CT molecular complexity index is 391. The highest BCUT2D eigenvalue weighted by molar-refractivity contribution is 5.91. The normalized spacial score (nSPS) is 11.8. The third kappa shape index (κ3) is 2.51. The van der Waals surface area contributed by atoms with Crippen molar-refractivity contribution in [2.24, 2.45) is 5.73 Å². The van der Waals surface area contributed by atoms with E-state index < -0.39 is 25.0 Å². The first-order chi connectivity index (χ1) is 7.41. The molecule has 90 valence electrons. The lowest BCUT2D eigenvalue weighted by Gasteiger charge is -2.13. The van der Waals surface area contributed by atoms with Gasteiger partial charge in [0.2, 0.25) is 0 Å². The molecular formula is C8H12F2N4O2. The van der Waals surface area contributed by atoms with Crippen molar-refractivity contribution in [3.63, 3.8) is 0 Å². The van der Waals surface area contributed by atoms with Crippen LogP contribution in [0, 0.1) is 0 Å². The topological polar surface area (TPSA) is 94.0 Å². The summed E-state index contributed by atoms with van der Waals surface area (Å²) < 4.78 is 26.7. The second-order valence-electron chi connectivity index (χ2n) is 3.27. The molecule has 0 radical (unpaired) electrons. The predicted octanol–water partition coefficient (Wildman–Crippen LogP) is -0.433. The van der Waals surface area contributed by atoms with Crippen LogP contribution < -0.4 is 5.73 Å². The molecule has 0 aromatic carbocycles. The van der Waals surface area contributed by atoms with Crippen molar-refractivity contribution < 1.29 is 18.7 Å². The lowest BCUT2D eigenvalue weighted by molar-refractivity contribution is -0.0660. The number of aromatic nitrogens is 3. The molecule has 0 aliphatic rings. The van der Waals surface area contributed by atoms with Gasteiger partial charge in [-0.3, -0.25) is 4.79 Å². The summed E-state index contributed by atoms with van der Waals surface area (Å²) in [6.07, 6.45) is 0.298. The average Bonchev–Trinajstić information content (AvgIpc) is 2.60. The van der Waals surface area contributed by atoms with Crippen LogP contribution in [-0.2, 0) is 13.0 Å². The fourth-order valence-electron chi connectivity index (χ4n) is 1.27. The Balaban J connectivity index is 3.02. The maximum atomic E-state index is 12.9. The highest BCUT2D eigenvalue weighted by Crippen LogP contribution is 2.17. The van der Waals surface area contributed by atoms with Gasteiger partial charge in [0.25, 0.3) is 11.8 Å². The molecule has 6 nitrogen and oxygen atoms in total. The fraction of sp³-hybridized carbons (Fsp3) is 0.625. The molecule has 0 aliphatic heterocycles. The number of rotatable bonds is 5. The maximum absolute atomic E-state index is 12.9. The van der Waals surface area contributed by atoms with E-state index >= 15 is 0 Å². The van der Waals surface area contributed by atoms with Gasteiger partial charge in [-0.15, -0.1) is 5.10 Å². The SMILES string of the molecule is CCc1c(C(N)=O)nnn1CC(F)(F)CO. The summed E-state index contributed by atoms with van der Waals surface area (Å²) in [5.74, 6) is -4.11. The highest BCUT2D eigenvalue weighted by Gasteiger charge is 2.31. The minimum Gasteiger partial charge on any atom is -0.390 e. The highest BCUT2D eigenvalue weighted by atomic mass is 19.3. The van der Waals surface area contributed by atoms with E-state index in [1.807, 2.05) is 0 Å². The smallest absolute Gasteiger partial charge is 0.289 e. The zero-order chi connectivity index (χ0) is 12.3. The van der Waals surface area contributed by atoms with E-state index in [1.165, 1.54) is 0 Å². The summed E-state index contributed by atoms with van der Waals surface area (Å²) in [6.45, 7) is -0.451. The van der Waals surface area contributed by atoms with Crippen LogP contribution in [0.25, 0.3) is 0 Å². The molecule has 16 heavy (non-hydrogen) atoms. The molecule has 0 bridgehead atoms. The molecule has 1 rings (SSSR count). The number of aliphatic hydroxyl groups excluding tert-OH is 1. The van der Waals surface area contributed by atoms with Crippen LogP contribution in [0.3, 0.4) is 0 Å². The summed E-state index contributed by atoms with van der Waals surface area (Å²) in [5.41, 5.74) is 5.13. The molecule has 0 saturated carbocycles. The van der Waals surface area contributed by atoms with E-state index in [4.69, 9.17) is 10.8 Å². The molecule has 1 aromatic rings. The molecule has 0 spiro atoms. The van der Waals surface area contributed by atoms with Crippen LogP contribution in [0.2, 0.25) is 0 Å². The second-order valence-corrected chi connectivity index (χ2v) is 3.27. The molecule has 0 saturated heterocycles. The number of halogens is 2. The van der Waals surface area contributed by atoms with Gasteiger partial charge in [0.15, 0.2) is 5.69 Å². The van der Waals surface area contributed by atoms with E-state index in [0.29, 0.717) is 6.42 Å². The van der Waals surface area contributed by atoms with Gasteiger partial charge < -0.3 is 10.8 Å². The van der Waals surface area contributed by atoms with Crippen molar-refractivity contribution in [2.45, 2.75) is 25.8 Å². The Labute approximate surface area is 90.0 Å². The van der Waals surface area contributed by atoms with Crippen molar-refractivity contribution in [1.29, 1.82) is 0 Å². The number of primary amides is 1. The average molecular weight is 234 g/mol. The Kier molecular flexibility index (Phi) is 3.53. The van der Waals surface area contributed by atoms with Crippen molar-refractivity contribution >= 4 is 5.91 Å². The number of alkyl halides is 2. The van der Waals surface area contributed by atoms with E-state index in [2.05, 4.69) is 10.3 Å². The molecule has 0 fully saturated rings. The van der Waals surface area contributed by atoms with E-state index in [0.717, 1.165) is 4.68 Å². The summed E-state index contributed by atoms with van der Waals surface area (Å²) in [7, 11) is 0. The minimum atomic E-state index is -3.30. The third-order valence-corrected chi connectivity index (χ3v) is 2.02. The number of nitrogens with two attached hydrogens (primary N) is 1. The molecule has 0 unspecified atom stereocenters. The first-order valence-corrected chi connectivity index (χ1v) is 4.62. The Morgan fingerprint density at radius 2 is 2.25 bits per heavy atom. The monoisotopic (exact) mass is 234 g/mol. The van der Waals surface area contributed by atoms with Crippen molar-refractivity contribution in [3.05, 3.63) is 11.4 Å². The van der Waals surface area contributed by atoms with Gasteiger partial charge in [-0.2, -0.15) is 0 Å². The quantitative estimate of drug-likeness (QED) is 0.722. The standard InChI is InChI=1S/C8H12F2N4O2/c1-2-5-6(7(11)16)12-13-14(5)3-8(9,10)4-15/h15H,2-4H2,1H3,(H2,11,16). The van der Waals surface area contributed by atoms with Crippen molar-refractivity contribution in [1.82, 2.24) is 15.0 Å². The molecule has 0 atom stereocenters. The summed E-state index contributed by atoms with van der Waals surface area (Å²) in [5, 5.41) is 15.3. The number of carbonyl (C=O) groups is 1. The lowest BCUT2D eigenvalue weighted by atomic mass is 10.2. The van der Waals surface area contributed by atoms with Crippen LogP contribution in [-0.4, -0.2) is 38.5 Å². The first kappa shape index (κ1) is 12.5. The molecule has 1 aromatic heterocycles. The molecule has 1 heterocycles. The Morgan fingerprint density at radius 1 is 1.62 bits per heavy atom. The molecular weight excluding hydrogens is 222 g/mol. The fourth-order valence-corrected chi connectivity index (χ4v) is 1.27. The number of hydrogen-bond donors (Lipinski definition) is 2. The van der Waals surface area contributed by atoms with Crippen LogP contribution in [0.4, 0.5) is 8.78 Å². The zero-order valence-corrected chi connectivity index (χ0v) is 8.65. The van der Waals surface area contributed by atoms with Gasteiger partial charge in [0.05, 0.1) is 5.69 Å².